The maximum Gasteiger partial charge on any atom is 0.408 e. The van der Waals surface area contributed by atoms with Gasteiger partial charge in [-0.15, -0.1) is 0 Å². The van der Waals surface area contributed by atoms with Crippen molar-refractivity contribution in [2.24, 2.45) is 5.73 Å². The van der Waals surface area contributed by atoms with Crippen molar-refractivity contribution >= 4 is 23.8 Å². The number of carbonyl (C=O) groups is 4. The van der Waals surface area contributed by atoms with Crippen molar-refractivity contribution in [2.75, 3.05) is 6.54 Å². The SMILES string of the molecule is CCCCCNC(=O)C(c1ccccc1O)N(C(=O)C(CC(N)=O)NC(=O)OC(C)(C)C)C1CC1. The van der Waals surface area contributed by atoms with Crippen molar-refractivity contribution in [1.82, 2.24) is 15.5 Å². The number of aromatic hydroxyl groups is 1. The average molecular weight is 491 g/mol. The molecule has 5 N–H and O–H groups in total. The Morgan fingerprint density at radius 3 is 2.37 bits per heavy atom. The maximum atomic E-state index is 13.8. The normalized spacial score (nSPS) is 15.0. The second-order valence-electron chi connectivity index (χ2n) is 9.81. The third-order valence-corrected chi connectivity index (χ3v) is 5.43. The van der Waals surface area contributed by atoms with E-state index in [9.17, 15) is 24.3 Å². The molecule has 1 aromatic rings. The first-order chi connectivity index (χ1) is 16.4. The van der Waals surface area contributed by atoms with Gasteiger partial charge in [-0.3, -0.25) is 14.4 Å². The minimum absolute atomic E-state index is 0.133. The molecule has 35 heavy (non-hydrogen) atoms. The average Bonchev–Trinajstić information content (AvgIpc) is 3.58. The molecule has 0 aromatic heterocycles. The first-order valence-electron chi connectivity index (χ1n) is 12.1. The number of rotatable bonds is 12. The highest BCUT2D eigenvalue weighted by molar-refractivity contribution is 5.95. The molecule has 0 heterocycles. The van der Waals surface area contributed by atoms with Gasteiger partial charge in [0.25, 0.3) is 0 Å². The van der Waals surface area contributed by atoms with Gasteiger partial charge >= 0.3 is 6.09 Å². The minimum atomic E-state index is -1.33. The first kappa shape index (κ1) is 27.9. The fourth-order valence-electron chi connectivity index (χ4n) is 3.72. The molecule has 0 saturated heterocycles. The molecule has 4 amide bonds. The van der Waals surface area contributed by atoms with Gasteiger partial charge in [-0.05, 0) is 46.1 Å². The van der Waals surface area contributed by atoms with E-state index in [1.165, 1.54) is 11.0 Å². The van der Waals surface area contributed by atoms with E-state index in [0.29, 0.717) is 19.4 Å². The predicted molar refractivity (Wildman–Crippen MR) is 130 cm³/mol. The van der Waals surface area contributed by atoms with Crippen LogP contribution >= 0.6 is 0 Å². The number of nitrogens with one attached hydrogen (secondary N) is 2. The number of amides is 4. The van der Waals surface area contributed by atoms with E-state index in [4.69, 9.17) is 10.5 Å². The quantitative estimate of drug-likeness (QED) is 0.331. The van der Waals surface area contributed by atoms with Gasteiger partial charge in [0, 0.05) is 18.2 Å². The molecule has 1 aromatic carbocycles. The Kier molecular flexibility index (Phi) is 9.91. The van der Waals surface area contributed by atoms with Crippen LogP contribution in [0.25, 0.3) is 0 Å². The van der Waals surface area contributed by atoms with Crippen molar-refractivity contribution in [3.8, 4) is 5.75 Å². The molecule has 2 atom stereocenters. The number of primary amides is 1. The van der Waals surface area contributed by atoms with Crippen LogP contribution in [0.4, 0.5) is 4.79 Å². The Morgan fingerprint density at radius 2 is 1.83 bits per heavy atom. The summed E-state index contributed by atoms with van der Waals surface area (Å²) in [7, 11) is 0. The fraction of sp³-hybridized carbons (Fsp3) is 0.600. The third kappa shape index (κ3) is 8.77. The number of nitrogens with zero attached hydrogens (tertiary/aromatic N) is 1. The molecule has 1 fully saturated rings. The summed E-state index contributed by atoms with van der Waals surface area (Å²) in [5.74, 6) is -2.02. The zero-order valence-corrected chi connectivity index (χ0v) is 21.0. The number of phenols is 1. The van der Waals surface area contributed by atoms with Crippen molar-refractivity contribution in [3.63, 3.8) is 0 Å². The summed E-state index contributed by atoms with van der Waals surface area (Å²) in [6.07, 6.45) is 2.65. The molecule has 10 heteroatoms. The van der Waals surface area contributed by atoms with Crippen molar-refractivity contribution in [1.29, 1.82) is 0 Å². The molecule has 0 bridgehead atoms. The summed E-state index contributed by atoms with van der Waals surface area (Å²) in [5, 5.41) is 15.9. The van der Waals surface area contributed by atoms with Crippen LogP contribution in [0.3, 0.4) is 0 Å². The number of hydrogen-bond donors (Lipinski definition) is 4. The number of benzene rings is 1. The summed E-state index contributed by atoms with van der Waals surface area (Å²) in [4.78, 5) is 52.7. The van der Waals surface area contributed by atoms with E-state index in [1.54, 1.807) is 39.0 Å². The van der Waals surface area contributed by atoms with E-state index >= 15 is 0 Å². The number of nitrogens with two attached hydrogens (primary N) is 1. The van der Waals surface area contributed by atoms with Gasteiger partial charge in [-0.25, -0.2) is 4.79 Å². The van der Waals surface area contributed by atoms with E-state index in [0.717, 1.165) is 19.3 Å². The Labute approximate surface area is 206 Å². The lowest BCUT2D eigenvalue weighted by Gasteiger charge is -2.34. The molecule has 0 spiro atoms. The van der Waals surface area contributed by atoms with Crippen LogP contribution in [-0.4, -0.2) is 58.1 Å². The number of unbranched alkanes of at least 4 members (excludes halogenated alkanes) is 2. The van der Waals surface area contributed by atoms with Gasteiger partial charge in [0.2, 0.25) is 17.7 Å². The number of carbonyl (C=O) groups excluding carboxylic acids is 4. The summed E-state index contributed by atoms with van der Waals surface area (Å²) >= 11 is 0. The van der Waals surface area contributed by atoms with Crippen LogP contribution < -0.4 is 16.4 Å². The standard InChI is InChI=1S/C25H38N4O6/c1-5-6-9-14-27-22(32)21(17-10-7-8-11-19(17)30)29(16-12-13-16)23(33)18(15-20(26)31)28-24(34)35-25(2,3)4/h7-8,10-11,16,18,21,30H,5-6,9,12-15H2,1-4H3,(H2,26,31)(H,27,32)(H,28,34). The number of alkyl carbamates (subject to hydrolysis) is 1. The van der Waals surface area contributed by atoms with E-state index in [-0.39, 0.29) is 17.4 Å². The Bertz CT molecular complexity index is 909. The zero-order valence-electron chi connectivity index (χ0n) is 21.0. The number of para-hydroxylation sites is 1. The highest BCUT2D eigenvalue weighted by Gasteiger charge is 2.45. The summed E-state index contributed by atoms with van der Waals surface area (Å²) in [5.41, 5.74) is 4.81. The monoisotopic (exact) mass is 490 g/mol. The number of ether oxygens (including phenoxy) is 1. The molecule has 1 aliphatic carbocycles. The van der Waals surface area contributed by atoms with Gasteiger partial charge in [-0.1, -0.05) is 38.0 Å². The molecule has 0 radical (unpaired) electrons. The van der Waals surface area contributed by atoms with Crippen LogP contribution in [-0.2, 0) is 19.1 Å². The van der Waals surface area contributed by atoms with Crippen molar-refractivity contribution < 1.29 is 29.0 Å². The number of phenolic OH excluding ortho intramolecular Hbond substituents is 1. The molecule has 1 aliphatic rings. The molecule has 0 aliphatic heterocycles. The topological polar surface area (TPSA) is 151 Å². The van der Waals surface area contributed by atoms with Gasteiger partial charge in [0.05, 0.1) is 6.42 Å². The van der Waals surface area contributed by atoms with Gasteiger partial charge in [0.15, 0.2) is 0 Å². The molecule has 194 valence electrons. The summed E-state index contributed by atoms with van der Waals surface area (Å²) in [6.45, 7) is 7.49. The maximum absolute atomic E-state index is 13.8. The molecular formula is C25H38N4O6. The third-order valence-electron chi connectivity index (χ3n) is 5.43. The molecule has 10 nitrogen and oxygen atoms in total. The lowest BCUT2D eigenvalue weighted by atomic mass is 10.0. The number of hydrogen-bond acceptors (Lipinski definition) is 6. The summed E-state index contributed by atoms with van der Waals surface area (Å²) in [6, 6.07) is 3.56. The van der Waals surface area contributed by atoms with Gasteiger partial charge < -0.3 is 31.1 Å². The zero-order chi connectivity index (χ0) is 26.2. The van der Waals surface area contributed by atoms with E-state index in [1.807, 2.05) is 0 Å². The Balaban J connectivity index is 2.40. The van der Waals surface area contributed by atoms with Crippen LogP contribution in [0.1, 0.15) is 77.8 Å². The lowest BCUT2D eigenvalue weighted by Crippen LogP contribution is -2.54. The Hall–Kier alpha value is -3.30. The lowest BCUT2D eigenvalue weighted by molar-refractivity contribution is -0.144. The fourth-order valence-corrected chi connectivity index (χ4v) is 3.72. The van der Waals surface area contributed by atoms with Crippen LogP contribution in [0, 0.1) is 0 Å². The van der Waals surface area contributed by atoms with Crippen molar-refractivity contribution in [2.45, 2.75) is 89.9 Å². The minimum Gasteiger partial charge on any atom is -0.508 e. The van der Waals surface area contributed by atoms with Gasteiger partial charge in [0.1, 0.15) is 23.4 Å². The second-order valence-corrected chi connectivity index (χ2v) is 9.81. The van der Waals surface area contributed by atoms with Crippen LogP contribution in [0.5, 0.6) is 5.75 Å². The smallest absolute Gasteiger partial charge is 0.408 e. The molecule has 2 unspecified atom stereocenters. The molecular weight excluding hydrogens is 452 g/mol. The highest BCUT2D eigenvalue weighted by Crippen LogP contribution is 2.38. The van der Waals surface area contributed by atoms with Crippen molar-refractivity contribution in [3.05, 3.63) is 29.8 Å². The van der Waals surface area contributed by atoms with E-state index < -0.39 is 47.9 Å². The molecule has 1 saturated carbocycles. The van der Waals surface area contributed by atoms with Gasteiger partial charge in [-0.2, -0.15) is 0 Å². The Morgan fingerprint density at radius 1 is 1.17 bits per heavy atom. The van der Waals surface area contributed by atoms with Crippen LogP contribution in [0.15, 0.2) is 24.3 Å². The predicted octanol–water partition coefficient (Wildman–Crippen LogP) is 2.50. The first-order valence-corrected chi connectivity index (χ1v) is 12.1. The highest BCUT2D eigenvalue weighted by atomic mass is 16.6. The van der Waals surface area contributed by atoms with Crippen LogP contribution in [0.2, 0.25) is 0 Å². The molecule has 2 rings (SSSR count). The largest absolute Gasteiger partial charge is 0.508 e. The van der Waals surface area contributed by atoms with E-state index in [2.05, 4.69) is 17.6 Å². The second kappa shape index (κ2) is 12.4. The summed E-state index contributed by atoms with van der Waals surface area (Å²) < 4.78 is 5.25.